The maximum Gasteiger partial charge on any atom is 0.248 e. The molecular weight excluding hydrogens is 314 g/mol. The largest absolute Gasteiger partial charge is 0.366 e. The molecule has 0 radical (unpaired) electrons. The molecule has 3 N–H and O–H groups in total. The molecule has 1 saturated heterocycles. The number of para-hydroxylation sites is 1. The van der Waals surface area contributed by atoms with E-state index in [1.165, 1.54) is 12.8 Å². The molecule has 0 bridgehead atoms. The van der Waals surface area contributed by atoms with Gasteiger partial charge in [-0.05, 0) is 49.2 Å². The van der Waals surface area contributed by atoms with Crippen LogP contribution in [0.4, 0.5) is 17.5 Å². The van der Waals surface area contributed by atoms with Crippen LogP contribution >= 0.6 is 0 Å². The van der Waals surface area contributed by atoms with Crippen molar-refractivity contribution in [1.82, 2.24) is 9.97 Å². The van der Waals surface area contributed by atoms with Crippen LogP contribution in [0.1, 0.15) is 23.2 Å². The fraction of sp³-hybridized carbons (Fsp3) is 0.211. The van der Waals surface area contributed by atoms with Gasteiger partial charge in [-0.25, -0.2) is 4.98 Å². The number of primary amides is 1. The van der Waals surface area contributed by atoms with E-state index in [2.05, 4.69) is 21.3 Å². The second-order valence-corrected chi connectivity index (χ2v) is 6.15. The summed E-state index contributed by atoms with van der Waals surface area (Å²) in [6, 6.07) is 15.0. The summed E-state index contributed by atoms with van der Waals surface area (Å²) in [7, 11) is 0. The van der Waals surface area contributed by atoms with Crippen molar-refractivity contribution in [1.29, 1.82) is 0 Å². The van der Waals surface area contributed by atoms with Gasteiger partial charge in [-0.15, -0.1) is 0 Å². The molecule has 3 aromatic rings. The highest BCUT2D eigenvalue weighted by molar-refractivity contribution is 5.93. The summed E-state index contributed by atoms with van der Waals surface area (Å²) in [4.78, 5) is 22.9. The van der Waals surface area contributed by atoms with Crippen LogP contribution < -0.4 is 16.0 Å². The van der Waals surface area contributed by atoms with Crippen LogP contribution in [0.3, 0.4) is 0 Å². The zero-order valence-electron chi connectivity index (χ0n) is 13.8. The Morgan fingerprint density at radius 1 is 1.00 bits per heavy atom. The summed E-state index contributed by atoms with van der Waals surface area (Å²) in [5.74, 6) is 1.08. The van der Waals surface area contributed by atoms with Crippen LogP contribution in [0.5, 0.6) is 0 Å². The Morgan fingerprint density at radius 2 is 1.72 bits per heavy atom. The van der Waals surface area contributed by atoms with Gasteiger partial charge in [-0.2, -0.15) is 4.98 Å². The van der Waals surface area contributed by atoms with Crippen molar-refractivity contribution in [2.75, 3.05) is 23.3 Å². The molecule has 2 aromatic carbocycles. The summed E-state index contributed by atoms with van der Waals surface area (Å²) in [5.41, 5.74) is 7.48. The molecule has 0 atom stereocenters. The number of carbonyl (C=O) groups excluding carboxylic acids is 1. The van der Waals surface area contributed by atoms with E-state index >= 15 is 0 Å². The van der Waals surface area contributed by atoms with E-state index < -0.39 is 5.91 Å². The van der Waals surface area contributed by atoms with Crippen LogP contribution in [-0.2, 0) is 0 Å². The number of rotatable bonds is 4. The normalized spacial score (nSPS) is 14.0. The van der Waals surface area contributed by atoms with Crippen LogP contribution in [0.2, 0.25) is 0 Å². The summed E-state index contributed by atoms with van der Waals surface area (Å²) < 4.78 is 0. The van der Waals surface area contributed by atoms with Gasteiger partial charge >= 0.3 is 0 Å². The molecule has 1 aliphatic heterocycles. The van der Waals surface area contributed by atoms with Crippen LogP contribution in [0, 0.1) is 0 Å². The average Bonchev–Trinajstić information content (AvgIpc) is 3.16. The molecule has 0 saturated carbocycles. The van der Waals surface area contributed by atoms with Crippen molar-refractivity contribution in [3.63, 3.8) is 0 Å². The number of hydrogen-bond acceptors (Lipinski definition) is 5. The summed E-state index contributed by atoms with van der Waals surface area (Å²) in [6.45, 7) is 2.04. The van der Waals surface area contributed by atoms with Crippen LogP contribution in [0.25, 0.3) is 10.9 Å². The average molecular weight is 333 g/mol. The fourth-order valence-corrected chi connectivity index (χ4v) is 3.13. The predicted molar refractivity (Wildman–Crippen MR) is 99.2 cm³/mol. The number of nitrogens with one attached hydrogen (secondary N) is 1. The molecule has 4 rings (SSSR count). The van der Waals surface area contributed by atoms with E-state index in [-0.39, 0.29) is 0 Å². The van der Waals surface area contributed by atoms with E-state index in [4.69, 9.17) is 10.7 Å². The maximum absolute atomic E-state index is 11.2. The Balaban J connectivity index is 1.70. The molecule has 0 aliphatic carbocycles. The van der Waals surface area contributed by atoms with Gasteiger partial charge in [0.25, 0.3) is 0 Å². The Kier molecular flexibility index (Phi) is 3.93. The number of anilines is 3. The fourth-order valence-electron chi connectivity index (χ4n) is 3.13. The Morgan fingerprint density at radius 3 is 2.44 bits per heavy atom. The molecule has 25 heavy (non-hydrogen) atoms. The third kappa shape index (κ3) is 3.10. The maximum atomic E-state index is 11.2. The number of hydrogen-bond donors (Lipinski definition) is 2. The van der Waals surface area contributed by atoms with Crippen molar-refractivity contribution in [2.24, 2.45) is 5.73 Å². The van der Waals surface area contributed by atoms with Crippen molar-refractivity contribution in [3.8, 4) is 0 Å². The van der Waals surface area contributed by atoms with E-state index in [9.17, 15) is 4.79 Å². The number of carbonyl (C=O) groups is 1. The van der Waals surface area contributed by atoms with Crippen molar-refractivity contribution in [3.05, 3.63) is 54.1 Å². The van der Waals surface area contributed by atoms with Crippen LogP contribution in [-0.4, -0.2) is 29.0 Å². The Hall–Kier alpha value is -3.15. The molecule has 1 fully saturated rings. The lowest BCUT2D eigenvalue weighted by molar-refractivity contribution is 0.100. The van der Waals surface area contributed by atoms with Gasteiger partial charge in [0.15, 0.2) is 0 Å². The summed E-state index contributed by atoms with van der Waals surface area (Å²) >= 11 is 0. The first-order chi connectivity index (χ1) is 12.2. The Bertz CT molecular complexity index is 917. The lowest BCUT2D eigenvalue weighted by Crippen LogP contribution is -2.20. The van der Waals surface area contributed by atoms with E-state index in [0.29, 0.717) is 11.5 Å². The van der Waals surface area contributed by atoms with Gasteiger partial charge in [0.05, 0.1) is 5.52 Å². The summed E-state index contributed by atoms with van der Waals surface area (Å²) in [6.07, 6.45) is 2.38. The van der Waals surface area contributed by atoms with E-state index in [1.54, 1.807) is 24.3 Å². The number of nitrogens with two attached hydrogens (primary N) is 1. The first-order valence-electron chi connectivity index (χ1n) is 8.39. The predicted octanol–water partition coefficient (Wildman–Crippen LogP) is 3.07. The van der Waals surface area contributed by atoms with Gasteiger partial charge < -0.3 is 16.0 Å². The third-order valence-electron chi connectivity index (χ3n) is 4.41. The molecule has 1 aliphatic rings. The minimum atomic E-state index is -0.440. The second-order valence-electron chi connectivity index (χ2n) is 6.15. The molecule has 1 aromatic heterocycles. The third-order valence-corrected chi connectivity index (χ3v) is 4.41. The SMILES string of the molecule is NC(=O)c1ccc(Nc2nc(N3CCCC3)c3ccccc3n2)cc1. The van der Waals surface area contributed by atoms with Crippen molar-refractivity contribution in [2.45, 2.75) is 12.8 Å². The standard InChI is InChI=1S/C19H19N5O/c20-17(25)13-7-9-14(10-8-13)21-19-22-16-6-2-1-5-15(16)18(23-19)24-11-3-4-12-24/h1-2,5-10H,3-4,11-12H2,(H2,20,25)(H,21,22,23). The van der Waals surface area contributed by atoms with Crippen LogP contribution in [0.15, 0.2) is 48.5 Å². The van der Waals surface area contributed by atoms with Crippen molar-refractivity contribution < 1.29 is 4.79 Å². The molecule has 1 amide bonds. The lowest BCUT2D eigenvalue weighted by atomic mass is 10.2. The molecule has 6 nitrogen and oxygen atoms in total. The topological polar surface area (TPSA) is 84.1 Å². The summed E-state index contributed by atoms with van der Waals surface area (Å²) in [5, 5.41) is 4.29. The van der Waals surface area contributed by atoms with Gasteiger partial charge in [-0.3, -0.25) is 4.79 Å². The lowest BCUT2D eigenvalue weighted by Gasteiger charge is -2.19. The Labute approximate surface area is 145 Å². The van der Waals surface area contributed by atoms with E-state index in [1.807, 2.05) is 18.2 Å². The number of fused-ring (bicyclic) bond motifs is 1. The highest BCUT2D eigenvalue weighted by Crippen LogP contribution is 2.28. The molecular formula is C19H19N5O. The second kappa shape index (κ2) is 6.39. The number of aromatic nitrogens is 2. The first kappa shape index (κ1) is 15.4. The highest BCUT2D eigenvalue weighted by Gasteiger charge is 2.18. The molecule has 0 spiro atoms. The van der Waals surface area contributed by atoms with Gasteiger partial charge in [-0.1, -0.05) is 12.1 Å². The minimum absolute atomic E-state index is 0.440. The molecule has 6 heteroatoms. The minimum Gasteiger partial charge on any atom is -0.366 e. The quantitative estimate of drug-likeness (QED) is 0.766. The molecule has 126 valence electrons. The van der Waals surface area contributed by atoms with E-state index in [0.717, 1.165) is 35.5 Å². The molecule has 2 heterocycles. The number of amides is 1. The first-order valence-corrected chi connectivity index (χ1v) is 8.39. The molecule has 0 unspecified atom stereocenters. The number of nitrogens with zero attached hydrogens (tertiary/aromatic N) is 3. The highest BCUT2D eigenvalue weighted by atomic mass is 16.1. The van der Waals surface area contributed by atoms with Gasteiger partial charge in [0, 0.05) is 29.7 Å². The van der Waals surface area contributed by atoms with Gasteiger partial charge in [0.1, 0.15) is 5.82 Å². The monoisotopic (exact) mass is 333 g/mol. The van der Waals surface area contributed by atoms with Crippen molar-refractivity contribution >= 4 is 34.3 Å². The number of benzene rings is 2. The zero-order valence-corrected chi connectivity index (χ0v) is 13.8. The smallest absolute Gasteiger partial charge is 0.248 e. The van der Waals surface area contributed by atoms with Gasteiger partial charge in [0.2, 0.25) is 11.9 Å². The zero-order chi connectivity index (χ0) is 17.2.